The normalized spacial score (nSPS) is 17.7. The molecule has 3 rings (SSSR count). The zero-order valence-electron chi connectivity index (χ0n) is 14.1. The molecule has 0 saturated heterocycles. The minimum atomic E-state index is -0.709. The molecule has 0 aromatic carbocycles. The number of hydrazone groups is 1. The number of nitrogens with zero attached hydrogens (tertiary/aromatic N) is 1. The van der Waals surface area contributed by atoms with Gasteiger partial charge in [-0.25, -0.2) is 10.2 Å². The van der Waals surface area contributed by atoms with Crippen LogP contribution in [0.2, 0.25) is 5.15 Å². The number of aromatic nitrogens is 1. The van der Waals surface area contributed by atoms with Crippen LogP contribution in [0.15, 0.2) is 10.7 Å². The molecule has 1 aromatic rings. The Bertz CT molecular complexity index is 837. The molecule has 1 amide bonds. The zero-order chi connectivity index (χ0) is 18.8. The summed E-state index contributed by atoms with van der Waals surface area (Å²) < 4.78 is 15.0. The zero-order valence-corrected chi connectivity index (χ0v) is 14.8. The second-order valence-electron chi connectivity index (χ2n) is 5.68. The topological polar surface area (TPSA) is 119 Å². The molecule has 1 fully saturated rings. The lowest BCUT2D eigenvalue weighted by atomic mass is 10.1. The standard InChI is InChI=1S/C16H16ClN3O6/c1-24-11(21)6-8-12(16(23)25-2)10(18-13(8)17)5-9-14(22)19-20-15(9)26-7-3-4-7/h5,7,18H,3-4,6H2,1-2H3,(H,19,22)/b9-5-. The van der Waals surface area contributed by atoms with Crippen molar-refractivity contribution in [1.29, 1.82) is 0 Å². The van der Waals surface area contributed by atoms with E-state index in [1.54, 1.807) is 0 Å². The van der Waals surface area contributed by atoms with Crippen LogP contribution >= 0.6 is 11.6 Å². The van der Waals surface area contributed by atoms with E-state index in [1.165, 1.54) is 20.3 Å². The van der Waals surface area contributed by atoms with Gasteiger partial charge in [-0.1, -0.05) is 11.6 Å². The number of H-pyrrole nitrogens is 1. The van der Waals surface area contributed by atoms with E-state index >= 15 is 0 Å². The Morgan fingerprint density at radius 3 is 2.65 bits per heavy atom. The van der Waals surface area contributed by atoms with E-state index in [1.807, 2.05) is 0 Å². The number of hydrogen-bond donors (Lipinski definition) is 2. The van der Waals surface area contributed by atoms with Crippen LogP contribution in [-0.2, 0) is 30.2 Å². The molecule has 138 valence electrons. The van der Waals surface area contributed by atoms with Gasteiger partial charge in [-0.2, -0.15) is 0 Å². The largest absolute Gasteiger partial charge is 0.473 e. The molecular formula is C16H16ClN3O6. The number of halogens is 1. The lowest BCUT2D eigenvalue weighted by molar-refractivity contribution is -0.139. The van der Waals surface area contributed by atoms with Crippen molar-refractivity contribution in [3.8, 4) is 0 Å². The van der Waals surface area contributed by atoms with Crippen LogP contribution in [0.25, 0.3) is 6.08 Å². The molecule has 1 aliphatic heterocycles. The number of carbonyl (C=O) groups excluding carboxylic acids is 3. The molecule has 2 N–H and O–H groups in total. The van der Waals surface area contributed by atoms with E-state index < -0.39 is 17.8 Å². The average Bonchev–Trinajstić information content (AvgIpc) is 3.31. The van der Waals surface area contributed by atoms with Gasteiger partial charge in [-0.05, 0) is 18.9 Å². The van der Waals surface area contributed by atoms with Gasteiger partial charge in [0.1, 0.15) is 16.8 Å². The van der Waals surface area contributed by atoms with Gasteiger partial charge in [0.15, 0.2) is 0 Å². The van der Waals surface area contributed by atoms with Gasteiger partial charge in [0.05, 0.1) is 31.9 Å². The number of esters is 2. The molecule has 1 saturated carbocycles. The SMILES string of the molecule is COC(=O)Cc1c(Cl)[nH]c(/C=C2/C(=O)NN=C2OC2CC2)c1C(=O)OC. The lowest BCUT2D eigenvalue weighted by Gasteiger charge is -2.05. The Kier molecular flexibility index (Phi) is 4.99. The van der Waals surface area contributed by atoms with Crippen molar-refractivity contribution < 1.29 is 28.6 Å². The molecular weight excluding hydrogens is 366 g/mol. The number of rotatable bonds is 5. The summed E-state index contributed by atoms with van der Waals surface area (Å²) in [5.41, 5.74) is 2.93. The van der Waals surface area contributed by atoms with Crippen LogP contribution in [0, 0.1) is 0 Å². The number of methoxy groups -OCH3 is 2. The summed E-state index contributed by atoms with van der Waals surface area (Å²) in [6.07, 6.45) is 2.98. The minimum Gasteiger partial charge on any atom is -0.473 e. The molecule has 0 radical (unpaired) electrons. The molecule has 26 heavy (non-hydrogen) atoms. The van der Waals surface area contributed by atoms with Crippen LogP contribution < -0.4 is 5.43 Å². The van der Waals surface area contributed by atoms with Crippen LogP contribution in [-0.4, -0.2) is 49.1 Å². The fourth-order valence-electron chi connectivity index (χ4n) is 2.38. The Balaban J connectivity index is 2.02. The van der Waals surface area contributed by atoms with Crippen LogP contribution in [0.3, 0.4) is 0 Å². The maximum Gasteiger partial charge on any atom is 0.340 e. The van der Waals surface area contributed by atoms with Gasteiger partial charge in [-0.3, -0.25) is 9.59 Å². The molecule has 1 aromatic heterocycles. The molecule has 2 heterocycles. The Hall–Kier alpha value is -2.81. The fourth-order valence-corrected chi connectivity index (χ4v) is 2.64. The number of nitrogens with one attached hydrogen (secondary N) is 2. The van der Waals surface area contributed by atoms with Crippen molar-refractivity contribution in [3.05, 3.63) is 27.5 Å². The summed E-state index contributed by atoms with van der Waals surface area (Å²) in [6, 6.07) is 0. The van der Waals surface area contributed by atoms with Gasteiger partial charge < -0.3 is 19.2 Å². The van der Waals surface area contributed by atoms with E-state index in [0.717, 1.165) is 12.8 Å². The van der Waals surface area contributed by atoms with Gasteiger partial charge in [0.2, 0.25) is 5.90 Å². The summed E-state index contributed by atoms with van der Waals surface area (Å²) in [4.78, 5) is 38.7. The summed E-state index contributed by atoms with van der Waals surface area (Å²) in [6.45, 7) is 0. The highest BCUT2D eigenvalue weighted by molar-refractivity contribution is 6.31. The van der Waals surface area contributed by atoms with Crippen molar-refractivity contribution in [1.82, 2.24) is 10.4 Å². The highest BCUT2D eigenvalue weighted by atomic mass is 35.5. The molecule has 9 nitrogen and oxygen atoms in total. The number of ether oxygens (including phenoxy) is 3. The van der Waals surface area contributed by atoms with Gasteiger partial charge in [0.25, 0.3) is 5.91 Å². The second-order valence-corrected chi connectivity index (χ2v) is 6.06. The first-order chi connectivity index (χ1) is 12.4. The van der Waals surface area contributed by atoms with E-state index in [4.69, 9.17) is 21.1 Å². The number of aromatic amines is 1. The molecule has 0 spiro atoms. The predicted molar refractivity (Wildman–Crippen MR) is 90.5 cm³/mol. The van der Waals surface area contributed by atoms with Crippen LogP contribution in [0.1, 0.15) is 34.5 Å². The maximum absolute atomic E-state index is 12.2. The van der Waals surface area contributed by atoms with E-state index in [2.05, 4.69) is 20.2 Å². The summed E-state index contributed by atoms with van der Waals surface area (Å²) in [7, 11) is 2.43. The first-order valence-corrected chi connectivity index (χ1v) is 8.14. The van der Waals surface area contributed by atoms with Crippen LogP contribution in [0.4, 0.5) is 0 Å². The van der Waals surface area contributed by atoms with Gasteiger partial charge in [0, 0.05) is 5.56 Å². The smallest absolute Gasteiger partial charge is 0.340 e. The Morgan fingerprint density at radius 2 is 2.04 bits per heavy atom. The molecule has 2 aliphatic rings. The van der Waals surface area contributed by atoms with Crippen molar-refractivity contribution in [2.45, 2.75) is 25.4 Å². The first kappa shape index (κ1) is 18.0. The summed E-state index contributed by atoms with van der Waals surface area (Å²) in [5.74, 6) is -1.61. The first-order valence-electron chi connectivity index (χ1n) is 7.76. The van der Waals surface area contributed by atoms with Crippen molar-refractivity contribution in [3.63, 3.8) is 0 Å². The van der Waals surface area contributed by atoms with Gasteiger partial charge in [-0.15, -0.1) is 5.10 Å². The summed E-state index contributed by atoms with van der Waals surface area (Å²) in [5, 5.41) is 3.92. The minimum absolute atomic E-state index is 0.0343. The quantitative estimate of drug-likeness (QED) is 0.583. The molecule has 1 aliphatic carbocycles. The second kappa shape index (κ2) is 7.20. The number of amides is 1. The fraction of sp³-hybridized carbons (Fsp3) is 0.375. The number of hydrogen-bond acceptors (Lipinski definition) is 7. The van der Waals surface area contributed by atoms with Crippen molar-refractivity contribution >= 4 is 41.4 Å². The molecule has 0 bridgehead atoms. The van der Waals surface area contributed by atoms with E-state index in [0.29, 0.717) is 0 Å². The average molecular weight is 382 g/mol. The van der Waals surface area contributed by atoms with Crippen molar-refractivity contribution in [2.24, 2.45) is 5.10 Å². The predicted octanol–water partition coefficient (Wildman–Crippen LogP) is 1.18. The monoisotopic (exact) mass is 381 g/mol. The third-order valence-electron chi connectivity index (χ3n) is 3.84. The highest BCUT2D eigenvalue weighted by Crippen LogP contribution is 2.29. The Morgan fingerprint density at radius 1 is 1.31 bits per heavy atom. The maximum atomic E-state index is 12.2. The number of carbonyl (C=O) groups is 3. The van der Waals surface area contributed by atoms with E-state index in [9.17, 15) is 14.4 Å². The molecule has 0 atom stereocenters. The highest BCUT2D eigenvalue weighted by Gasteiger charge is 2.33. The third-order valence-corrected chi connectivity index (χ3v) is 4.17. The third kappa shape index (κ3) is 3.57. The summed E-state index contributed by atoms with van der Waals surface area (Å²) >= 11 is 6.14. The molecule has 0 unspecified atom stereocenters. The lowest BCUT2D eigenvalue weighted by Crippen LogP contribution is -2.15. The van der Waals surface area contributed by atoms with E-state index in [-0.39, 0.29) is 46.0 Å². The Labute approximate surface area is 153 Å². The van der Waals surface area contributed by atoms with Crippen LogP contribution in [0.5, 0.6) is 0 Å². The van der Waals surface area contributed by atoms with Crippen molar-refractivity contribution in [2.75, 3.05) is 14.2 Å². The molecule has 10 heteroatoms. The van der Waals surface area contributed by atoms with Gasteiger partial charge >= 0.3 is 11.9 Å².